The van der Waals surface area contributed by atoms with Crippen LogP contribution in [-0.4, -0.2) is 35.1 Å². The molecule has 1 rings (SSSR count). The van der Waals surface area contributed by atoms with Gasteiger partial charge in [0.25, 0.3) is 5.91 Å². The number of methoxy groups -OCH3 is 1. The second-order valence-corrected chi connectivity index (χ2v) is 2.97. The molecule has 0 radical (unpaired) electrons. The SMILES string of the molecule is C#C[C@H](NC(=O)c1ncccc1O)C(=O)OC. The lowest BCUT2D eigenvalue weighted by molar-refractivity contribution is -0.141. The third-order valence-electron chi connectivity index (χ3n) is 1.88. The third kappa shape index (κ3) is 2.95. The first-order valence-electron chi connectivity index (χ1n) is 4.59. The minimum Gasteiger partial charge on any atom is -0.505 e. The Morgan fingerprint density at radius 1 is 1.65 bits per heavy atom. The van der Waals surface area contributed by atoms with Gasteiger partial charge < -0.3 is 15.2 Å². The highest BCUT2D eigenvalue weighted by atomic mass is 16.5. The zero-order valence-electron chi connectivity index (χ0n) is 9.01. The standard InChI is InChI=1S/C11H10N2O4/c1-3-7(11(16)17-2)13-10(15)9-8(14)5-4-6-12-9/h1,4-7,14H,2H3,(H,13,15)/t7-/m0/s1. The van der Waals surface area contributed by atoms with Crippen LogP contribution in [-0.2, 0) is 9.53 Å². The number of terminal acetylenes is 1. The number of hydrogen-bond donors (Lipinski definition) is 2. The van der Waals surface area contributed by atoms with Crippen molar-refractivity contribution in [3.05, 3.63) is 24.0 Å². The Kier molecular flexibility index (Phi) is 4.06. The number of hydrogen-bond acceptors (Lipinski definition) is 5. The van der Waals surface area contributed by atoms with Crippen molar-refractivity contribution in [1.82, 2.24) is 10.3 Å². The van der Waals surface area contributed by atoms with E-state index in [0.29, 0.717) is 0 Å². The van der Waals surface area contributed by atoms with Gasteiger partial charge in [-0.3, -0.25) is 4.79 Å². The van der Waals surface area contributed by atoms with Crippen LogP contribution >= 0.6 is 0 Å². The molecular formula is C11H10N2O4. The van der Waals surface area contributed by atoms with Gasteiger partial charge in [-0.1, -0.05) is 5.92 Å². The van der Waals surface area contributed by atoms with Gasteiger partial charge in [-0.25, -0.2) is 9.78 Å². The fraction of sp³-hybridized carbons (Fsp3) is 0.182. The molecule has 0 fully saturated rings. The number of carbonyl (C=O) groups is 2. The summed E-state index contributed by atoms with van der Waals surface area (Å²) in [6, 6.07) is 1.55. The van der Waals surface area contributed by atoms with Gasteiger partial charge in [-0.05, 0) is 12.1 Å². The molecule has 1 heterocycles. The van der Waals surface area contributed by atoms with Crippen LogP contribution in [0.3, 0.4) is 0 Å². The number of carbonyl (C=O) groups excluding carboxylic acids is 2. The summed E-state index contributed by atoms with van der Waals surface area (Å²) in [4.78, 5) is 26.4. The number of pyridine rings is 1. The molecule has 0 aliphatic rings. The van der Waals surface area contributed by atoms with Gasteiger partial charge in [0.2, 0.25) is 0 Å². The van der Waals surface area contributed by atoms with E-state index in [-0.39, 0.29) is 11.4 Å². The summed E-state index contributed by atoms with van der Waals surface area (Å²) in [5.74, 6) is 0.236. The molecule has 6 nitrogen and oxygen atoms in total. The van der Waals surface area contributed by atoms with Crippen LogP contribution in [0, 0.1) is 12.3 Å². The molecule has 0 saturated heterocycles. The Morgan fingerprint density at radius 3 is 2.88 bits per heavy atom. The lowest BCUT2D eigenvalue weighted by atomic mass is 10.2. The summed E-state index contributed by atoms with van der Waals surface area (Å²) in [5, 5.41) is 11.6. The second-order valence-electron chi connectivity index (χ2n) is 2.97. The van der Waals surface area contributed by atoms with Gasteiger partial charge in [0.05, 0.1) is 7.11 Å². The fourth-order valence-electron chi connectivity index (χ4n) is 1.06. The smallest absolute Gasteiger partial charge is 0.341 e. The molecule has 0 aliphatic heterocycles. The molecule has 1 atom stereocenters. The number of aromatic nitrogens is 1. The zero-order chi connectivity index (χ0) is 12.8. The van der Waals surface area contributed by atoms with E-state index in [4.69, 9.17) is 6.42 Å². The quantitative estimate of drug-likeness (QED) is 0.553. The minimum atomic E-state index is -1.21. The summed E-state index contributed by atoms with van der Waals surface area (Å²) < 4.78 is 4.39. The summed E-state index contributed by atoms with van der Waals surface area (Å²) in [6.07, 6.45) is 6.40. The monoisotopic (exact) mass is 234 g/mol. The lowest BCUT2D eigenvalue weighted by Gasteiger charge is -2.10. The Morgan fingerprint density at radius 2 is 2.35 bits per heavy atom. The van der Waals surface area contributed by atoms with Crippen molar-refractivity contribution in [3.8, 4) is 18.1 Å². The van der Waals surface area contributed by atoms with E-state index < -0.39 is 17.9 Å². The molecule has 6 heteroatoms. The number of aromatic hydroxyl groups is 1. The summed E-state index contributed by atoms with van der Waals surface area (Å²) in [5.41, 5.74) is -0.211. The van der Waals surface area contributed by atoms with Crippen molar-refractivity contribution in [2.75, 3.05) is 7.11 Å². The normalized spacial score (nSPS) is 11.1. The largest absolute Gasteiger partial charge is 0.505 e. The summed E-state index contributed by atoms with van der Waals surface area (Å²) >= 11 is 0. The van der Waals surface area contributed by atoms with E-state index in [9.17, 15) is 14.7 Å². The van der Waals surface area contributed by atoms with E-state index in [1.54, 1.807) is 0 Å². The van der Waals surface area contributed by atoms with Crippen LogP contribution in [0.1, 0.15) is 10.5 Å². The maximum absolute atomic E-state index is 11.6. The average molecular weight is 234 g/mol. The fourth-order valence-corrected chi connectivity index (χ4v) is 1.06. The van der Waals surface area contributed by atoms with Crippen LogP contribution < -0.4 is 5.32 Å². The van der Waals surface area contributed by atoms with E-state index >= 15 is 0 Å². The topological polar surface area (TPSA) is 88.5 Å². The minimum absolute atomic E-state index is 0.211. The molecule has 1 aromatic rings. The van der Waals surface area contributed by atoms with Crippen LogP contribution in [0.15, 0.2) is 18.3 Å². The van der Waals surface area contributed by atoms with E-state index in [1.807, 2.05) is 0 Å². The van der Waals surface area contributed by atoms with Gasteiger partial charge >= 0.3 is 5.97 Å². The Balaban J connectivity index is 2.83. The number of amides is 1. The number of esters is 1. The molecule has 2 N–H and O–H groups in total. The molecule has 0 unspecified atom stereocenters. The van der Waals surface area contributed by atoms with Gasteiger partial charge in [0.15, 0.2) is 11.7 Å². The molecule has 0 aromatic carbocycles. The van der Waals surface area contributed by atoms with E-state index in [1.165, 1.54) is 18.3 Å². The number of ether oxygens (including phenoxy) is 1. The van der Waals surface area contributed by atoms with Gasteiger partial charge in [-0.2, -0.15) is 0 Å². The molecule has 0 aliphatic carbocycles. The molecule has 1 aromatic heterocycles. The lowest BCUT2D eigenvalue weighted by Crippen LogP contribution is -2.40. The maximum Gasteiger partial charge on any atom is 0.341 e. The highest BCUT2D eigenvalue weighted by molar-refractivity contribution is 5.97. The Hall–Kier alpha value is -2.55. The molecule has 0 spiro atoms. The maximum atomic E-state index is 11.6. The van der Waals surface area contributed by atoms with Crippen molar-refractivity contribution in [2.45, 2.75) is 6.04 Å². The van der Waals surface area contributed by atoms with E-state index in [0.717, 1.165) is 7.11 Å². The Labute approximate surface area is 97.6 Å². The second kappa shape index (κ2) is 5.51. The first-order chi connectivity index (χ1) is 8.10. The molecule has 1 amide bonds. The van der Waals surface area contributed by atoms with Crippen LogP contribution in [0.4, 0.5) is 0 Å². The predicted molar refractivity (Wildman–Crippen MR) is 58.0 cm³/mol. The summed E-state index contributed by atoms with van der Waals surface area (Å²) in [7, 11) is 1.15. The summed E-state index contributed by atoms with van der Waals surface area (Å²) in [6.45, 7) is 0. The van der Waals surface area contributed by atoms with Crippen molar-refractivity contribution >= 4 is 11.9 Å². The van der Waals surface area contributed by atoms with Gasteiger partial charge in [0.1, 0.15) is 5.75 Å². The highest BCUT2D eigenvalue weighted by Gasteiger charge is 2.21. The zero-order valence-corrected chi connectivity index (χ0v) is 9.01. The van der Waals surface area contributed by atoms with Crippen molar-refractivity contribution in [2.24, 2.45) is 0 Å². The van der Waals surface area contributed by atoms with E-state index in [2.05, 4.69) is 21.0 Å². The van der Waals surface area contributed by atoms with Gasteiger partial charge in [-0.15, -0.1) is 6.42 Å². The van der Waals surface area contributed by atoms with Crippen molar-refractivity contribution < 1.29 is 19.4 Å². The number of nitrogens with zero attached hydrogens (tertiary/aromatic N) is 1. The highest BCUT2D eigenvalue weighted by Crippen LogP contribution is 2.12. The predicted octanol–water partition coefficient (Wildman–Crippen LogP) is -0.308. The average Bonchev–Trinajstić information content (AvgIpc) is 2.35. The number of rotatable bonds is 3. The van der Waals surface area contributed by atoms with Crippen molar-refractivity contribution in [3.63, 3.8) is 0 Å². The van der Waals surface area contributed by atoms with Crippen LogP contribution in [0.5, 0.6) is 5.75 Å². The van der Waals surface area contributed by atoms with Crippen LogP contribution in [0.2, 0.25) is 0 Å². The molecule has 88 valence electrons. The number of nitrogens with one attached hydrogen (secondary N) is 1. The van der Waals surface area contributed by atoms with Crippen molar-refractivity contribution in [1.29, 1.82) is 0 Å². The molecule has 17 heavy (non-hydrogen) atoms. The molecule has 0 bridgehead atoms. The first kappa shape index (κ1) is 12.5. The Bertz CT molecular complexity index is 479. The molecule has 0 saturated carbocycles. The third-order valence-corrected chi connectivity index (χ3v) is 1.88. The van der Waals surface area contributed by atoms with Gasteiger partial charge in [0, 0.05) is 6.20 Å². The van der Waals surface area contributed by atoms with Crippen LogP contribution in [0.25, 0.3) is 0 Å². The first-order valence-corrected chi connectivity index (χ1v) is 4.59. The molecular weight excluding hydrogens is 224 g/mol.